The molecular weight excluding hydrogens is 382 g/mol. The Morgan fingerprint density at radius 2 is 1.57 bits per heavy atom. The summed E-state index contributed by atoms with van der Waals surface area (Å²) in [5, 5.41) is 23.6. The highest BCUT2D eigenvalue weighted by molar-refractivity contribution is 6.31. The summed E-state index contributed by atoms with van der Waals surface area (Å²) in [6.07, 6.45) is 0. The lowest BCUT2D eigenvalue weighted by Crippen LogP contribution is -2.22. The van der Waals surface area contributed by atoms with Gasteiger partial charge in [0.1, 0.15) is 11.5 Å². The minimum Gasteiger partial charge on any atom is -0.545 e. The second-order valence-electron chi connectivity index (χ2n) is 6.00. The number of furan rings is 1. The summed E-state index contributed by atoms with van der Waals surface area (Å²) in [5.74, 6) is -2.12. The highest BCUT2D eigenvalue weighted by Crippen LogP contribution is 2.32. The third-order valence-corrected chi connectivity index (χ3v) is 4.50. The van der Waals surface area contributed by atoms with Crippen molar-refractivity contribution in [2.75, 3.05) is 0 Å². The molecule has 0 aliphatic rings. The highest BCUT2D eigenvalue weighted by Gasteiger charge is 2.14. The van der Waals surface area contributed by atoms with Crippen LogP contribution in [0.25, 0.3) is 33.7 Å². The Labute approximate surface area is 163 Å². The number of carboxylic acid groups (broad SMARTS) is 2. The average Bonchev–Trinajstić information content (AvgIpc) is 3.17. The molecule has 6 nitrogen and oxygen atoms in total. The molecule has 0 fully saturated rings. The number of fused-ring (bicyclic) bond motifs is 1. The van der Waals surface area contributed by atoms with Crippen LogP contribution in [0.2, 0.25) is 5.02 Å². The number of aromatic carboxylic acids is 2. The molecule has 0 aliphatic heterocycles. The molecule has 0 atom stereocenters. The number of hydrogen-bond donors (Lipinski definition) is 0. The smallest absolute Gasteiger partial charge is 0.153 e. The first-order valence-corrected chi connectivity index (χ1v) is 8.54. The molecule has 0 bridgehead atoms. The summed E-state index contributed by atoms with van der Waals surface area (Å²) in [6, 6.07) is 15.5. The molecule has 0 radical (unpaired) electrons. The average molecular weight is 392 g/mol. The number of hydrogen-bond acceptors (Lipinski definition) is 6. The van der Waals surface area contributed by atoms with Crippen molar-refractivity contribution in [2.45, 2.75) is 0 Å². The van der Waals surface area contributed by atoms with Crippen LogP contribution in [-0.4, -0.2) is 16.9 Å². The van der Waals surface area contributed by atoms with E-state index in [2.05, 4.69) is 4.98 Å². The van der Waals surface area contributed by atoms with Gasteiger partial charge in [0.05, 0.1) is 17.5 Å². The van der Waals surface area contributed by atoms with Gasteiger partial charge in [-0.25, -0.2) is 4.98 Å². The standard InChI is InChI=1S/C21H12ClNO5/c22-11-5-6-16-14(9-11)15(21(26)27)10-17(23-16)19-8-7-18(28-19)12-3-1-2-4-13(12)20(24)25/h1-10H,(H,24,25)(H,26,27)/p-2. The van der Waals surface area contributed by atoms with Crippen LogP contribution in [0.1, 0.15) is 20.7 Å². The predicted molar refractivity (Wildman–Crippen MR) is 98.6 cm³/mol. The van der Waals surface area contributed by atoms with Gasteiger partial charge in [-0.15, -0.1) is 0 Å². The molecule has 0 unspecified atom stereocenters. The lowest BCUT2D eigenvalue weighted by Gasteiger charge is -2.10. The zero-order valence-electron chi connectivity index (χ0n) is 14.1. The van der Waals surface area contributed by atoms with Crippen LogP contribution in [-0.2, 0) is 0 Å². The quantitative estimate of drug-likeness (QED) is 0.529. The summed E-state index contributed by atoms with van der Waals surface area (Å²) in [4.78, 5) is 27.3. The fourth-order valence-corrected chi connectivity index (χ4v) is 3.16. The molecule has 0 saturated carbocycles. The summed E-state index contributed by atoms with van der Waals surface area (Å²) in [7, 11) is 0. The van der Waals surface area contributed by atoms with E-state index in [1.54, 1.807) is 42.5 Å². The molecule has 138 valence electrons. The second kappa shape index (κ2) is 6.83. The maximum Gasteiger partial charge on any atom is 0.153 e. The molecule has 2 heterocycles. The Kier molecular flexibility index (Phi) is 4.33. The van der Waals surface area contributed by atoms with Crippen LogP contribution in [0.15, 0.2) is 65.1 Å². The lowest BCUT2D eigenvalue weighted by molar-refractivity contribution is -0.256. The SMILES string of the molecule is O=C([O-])c1ccccc1-c1ccc(-c2cc(C(=O)[O-])c3cc(Cl)ccc3n2)o1. The van der Waals surface area contributed by atoms with Crippen LogP contribution in [0.5, 0.6) is 0 Å². The minimum absolute atomic E-state index is 0.0139. The van der Waals surface area contributed by atoms with Crippen LogP contribution >= 0.6 is 11.6 Å². The minimum atomic E-state index is -1.37. The fourth-order valence-electron chi connectivity index (χ4n) is 2.99. The maximum absolute atomic E-state index is 11.6. The molecule has 2 aromatic carbocycles. The molecule has 0 aliphatic carbocycles. The van der Waals surface area contributed by atoms with Gasteiger partial charge in [0, 0.05) is 27.1 Å². The van der Waals surface area contributed by atoms with Crippen LogP contribution in [0.3, 0.4) is 0 Å². The number of carbonyl (C=O) groups excluding carboxylic acids is 2. The Hall–Kier alpha value is -3.64. The van der Waals surface area contributed by atoms with E-state index in [0.717, 1.165) is 0 Å². The molecular formula is C21H10ClNO5-2. The van der Waals surface area contributed by atoms with Crippen LogP contribution in [0, 0.1) is 0 Å². The Morgan fingerprint density at radius 3 is 2.32 bits per heavy atom. The van der Waals surface area contributed by atoms with Crippen molar-refractivity contribution >= 4 is 34.4 Å². The number of rotatable bonds is 4. The first-order chi connectivity index (χ1) is 13.4. The maximum atomic E-state index is 11.6. The third-order valence-electron chi connectivity index (χ3n) is 4.26. The first kappa shape index (κ1) is 17.8. The first-order valence-electron chi connectivity index (χ1n) is 8.16. The van der Waals surface area contributed by atoms with Gasteiger partial charge in [0.2, 0.25) is 0 Å². The van der Waals surface area contributed by atoms with Gasteiger partial charge in [-0.05, 0) is 36.4 Å². The van der Waals surface area contributed by atoms with Crippen molar-refractivity contribution in [2.24, 2.45) is 0 Å². The molecule has 0 spiro atoms. The van der Waals surface area contributed by atoms with Crippen molar-refractivity contribution in [1.29, 1.82) is 0 Å². The Morgan fingerprint density at radius 1 is 0.857 bits per heavy atom. The van der Waals surface area contributed by atoms with Crippen molar-refractivity contribution in [3.05, 3.63) is 76.8 Å². The summed E-state index contributed by atoms with van der Waals surface area (Å²) < 4.78 is 5.76. The van der Waals surface area contributed by atoms with E-state index in [1.165, 1.54) is 18.2 Å². The summed E-state index contributed by atoms with van der Waals surface area (Å²) >= 11 is 5.95. The number of carboxylic acids is 2. The van der Waals surface area contributed by atoms with Gasteiger partial charge in [-0.1, -0.05) is 35.9 Å². The summed E-state index contributed by atoms with van der Waals surface area (Å²) in [5.41, 5.74) is 0.942. The van der Waals surface area contributed by atoms with Gasteiger partial charge >= 0.3 is 0 Å². The zero-order valence-corrected chi connectivity index (χ0v) is 14.9. The van der Waals surface area contributed by atoms with Crippen LogP contribution < -0.4 is 10.2 Å². The summed E-state index contributed by atoms with van der Waals surface area (Å²) in [6.45, 7) is 0. The van der Waals surface area contributed by atoms with Crippen LogP contribution in [0.4, 0.5) is 0 Å². The highest BCUT2D eigenvalue weighted by atomic mass is 35.5. The molecule has 4 rings (SSSR count). The van der Waals surface area contributed by atoms with Crippen molar-refractivity contribution < 1.29 is 24.2 Å². The molecule has 4 aromatic rings. The van der Waals surface area contributed by atoms with E-state index in [1.807, 2.05) is 0 Å². The van der Waals surface area contributed by atoms with E-state index < -0.39 is 11.9 Å². The third kappa shape index (κ3) is 3.10. The number of carbonyl (C=O) groups is 2. The van der Waals surface area contributed by atoms with E-state index in [9.17, 15) is 19.8 Å². The second-order valence-corrected chi connectivity index (χ2v) is 6.44. The molecule has 0 saturated heterocycles. The van der Waals surface area contributed by atoms with E-state index in [0.29, 0.717) is 27.2 Å². The van der Waals surface area contributed by atoms with Gasteiger partial charge in [-0.3, -0.25) is 0 Å². The molecule has 2 aromatic heterocycles. The normalized spacial score (nSPS) is 10.9. The zero-order chi connectivity index (χ0) is 19.8. The van der Waals surface area contributed by atoms with Gasteiger partial charge in [0.15, 0.2) is 5.76 Å². The molecule has 7 heteroatoms. The Bertz CT molecular complexity index is 1240. The van der Waals surface area contributed by atoms with Gasteiger partial charge < -0.3 is 24.2 Å². The van der Waals surface area contributed by atoms with E-state index in [-0.39, 0.29) is 22.6 Å². The number of nitrogens with zero attached hydrogens (tertiary/aromatic N) is 1. The molecule has 0 amide bonds. The number of benzene rings is 2. The largest absolute Gasteiger partial charge is 0.545 e. The monoisotopic (exact) mass is 391 g/mol. The van der Waals surface area contributed by atoms with Gasteiger partial charge in [0.25, 0.3) is 0 Å². The fraction of sp³-hybridized carbons (Fsp3) is 0. The number of pyridine rings is 1. The van der Waals surface area contributed by atoms with Crippen molar-refractivity contribution in [3.8, 4) is 22.8 Å². The van der Waals surface area contributed by atoms with Crippen molar-refractivity contribution in [1.82, 2.24) is 4.98 Å². The number of halogens is 1. The Balaban J connectivity index is 1.86. The topological polar surface area (TPSA) is 106 Å². The van der Waals surface area contributed by atoms with E-state index in [4.69, 9.17) is 16.0 Å². The molecule has 0 N–H and O–H groups in total. The van der Waals surface area contributed by atoms with Crippen molar-refractivity contribution in [3.63, 3.8) is 0 Å². The lowest BCUT2D eigenvalue weighted by atomic mass is 10.1. The predicted octanol–water partition coefficient (Wildman–Crippen LogP) is 2.54. The van der Waals surface area contributed by atoms with Gasteiger partial charge in [-0.2, -0.15) is 0 Å². The number of aromatic nitrogens is 1. The molecule has 28 heavy (non-hydrogen) atoms. The van der Waals surface area contributed by atoms with E-state index >= 15 is 0 Å².